The standard InChI is InChI=1S/C16H21F2N3/c1-4-19-16(12-6-7-14(17)15(18)9-12)10-13-8-11(3)20-21(13)5-2/h6-9,16,19H,4-5,10H2,1-3H3. The fourth-order valence-electron chi connectivity index (χ4n) is 2.53. The molecule has 0 saturated carbocycles. The predicted octanol–water partition coefficient (Wildman–Crippen LogP) is 3.38. The van der Waals surface area contributed by atoms with E-state index in [0.29, 0.717) is 6.42 Å². The van der Waals surface area contributed by atoms with E-state index in [9.17, 15) is 8.78 Å². The fraction of sp³-hybridized carbons (Fsp3) is 0.438. The Bertz CT molecular complexity index is 608. The maximum atomic E-state index is 13.4. The van der Waals surface area contributed by atoms with Gasteiger partial charge < -0.3 is 5.32 Å². The molecule has 5 heteroatoms. The van der Waals surface area contributed by atoms with Crippen LogP contribution in [-0.4, -0.2) is 16.3 Å². The normalized spacial score (nSPS) is 12.6. The molecule has 0 fully saturated rings. The second-order valence-corrected chi connectivity index (χ2v) is 5.08. The third kappa shape index (κ3) is 3.67. The highest BCUT2D eigenvalue weighted by Crippen LogP contribution is 2.21. The summed E-state index contributed by atoms with van der Waals surface area (Å²) in [6.07, 6.45) is 0.688. The maximum absolute atomic E-state index is 13.4. The summed E-state index contributed by atoms with van der Waals surface area (Å²) < 4.78 is 28.5. The van der Waals surface area contributed by atoms with Crippen molar-refractivity contribution in [3.8, 4) is 0 Å². The highest BCUT2D eigenvalue weighted by atomic mass is 19.2. The molecule has 1 unspecified atom stereocenters. The van der Waals surface area contributed by atoms with Crippen molar-refractivity contribution < 1.29 is 8.78 Å². The molecule has 0 radical (unpaired) electrons. The smallest absolute Gasteiger partial charge is 0.159 e. The molecule has 0 spiro atoms. The molecule has 0 bridgehead atoms. The zero-order valence-corrected chi connectivity index (χ0v) is 12.7. The van der Waals surface area contributed by atoms with Gasteiger partial charge in [0.2, 0.25) is 0 Å². The Kier molecular flexibility index (Phi) is 5.07. The van der Waals surface area contributed by atoms with Crippen LogP contribution in [-0.2, 0) is 13.0 Å². The van der Waals surface area contributed by atoms with E-state index in [4.69, 9.17) is 0 Å². The molecule has 1 atom stereocenters. The lowest BCUT2D eigenvalue weighted by Gasteiger charge is -2.19. The molecule has 0 amide bonds. The lowest BCUT2D eigenvalue weighted by Crippen LogP contribution is -2.24. The van der Waals surface area contributed by atoms with E-state index in [1.807, 2.05) is 31.5 Å². The SMILES string of the molecule is CCNC(Cc1cc(C)nn1CC)c1ccc(F)c(F)c1. The number of rotatable bonds is 6. The minimum absolute atomic E-state index is 0.0634. The van der Waals surface area contributed by atoms with Crippen molar-refractivity contribution >= 4 is 0 Å². The summed E-state index contributed by atoms with van der Waals surface area (Å²) in [4.78, 5) is 0. The van der Waals surface area contributed by atoms with E-state index in [0.717, 1.165) is 30.0 Å². The fourth-order valence-corrected chi connectivity index (χ4v) is 2.53. The van der Waals surface area contributed by atoms with Crippen molar-refractivity contribution in [3.63, 3.8) is 0 Å². The van der Waals surface area contributed by atoms with Crippen molar-refractivity contribution in [2.45, 2.75) is 39.8 Å². The third-order valence-corrected chi connectivity index (χ3v) is 3.49. The third-order valence-electron chi connectivity index (χ3n) is 3.49. The van der Waals surface area contributed by atoms with E-state index >= 15 is 0 Å². The molecule has 0 aliphatic rings. The molecule has 3 nitrogen and oxygen atoms in total. The monoisotopic (exact) mass is 293 g/mol. The average Bonchev–Trinajstić information content (AvgIpc) is 2.81. The molecule has 114 valence electrons. The summed E-state index contributed by atoms with van der Waals surface area (Å²) in [6, 6.07) is 6.05. The number of aryl methyl sites for hydroxylation is 2. The van der Waals surface area contributed by atoms with Crippen molar-refractivity contribution in [1.29, 1.82) is 0 Å². The second-order valence-electron chi connectivity index (χ2n) is 5.08. The summed E-state index contributed by atoms with van der Waals surface area (Å²) in [5, 5.41) is 7.75. The molecular weight excluding hydrogens is 272 g/mol. The van der Waals surface area contributed by atoms with Crippen LogP contribution in [0.3, 0.4) is 0 Å². The van der Waals surface area contributed by atoms with Crippen LogP contribution in [0.1, 0.15) is 36.8 Å². The van der Waals surface area contributed by atoms with Gasteiger partial charge in [-0.3, -0.25) is 4.68 Å². The topological polar surface area (TPSA) is 29.9 Å². The quantitative estimate of drug-likeness (QED) is 0.885. The van der Waals surface area contributed by atoms with Crippen LogP contribution in [0.4, 0.5) is 8.78 Å². The first-order valence-corrected chi connectivity index (χ1v) is 7.26. The van der Waals surface area contributed by atoms with Crippen LogP contribution in [0.5, 0.6) is 0 Å². The van der Waals surface area contributed by atoms with E-state index in [-0.39, 0.29) is 6.04 Å². The minimum Gasteiger partial charge on any atom is -0.310 e. The summed E-state index contributed by atoms with van der Waals surface area (Å²) >= 11 is 0. The van der Waals surface area contributed by atoms with Gasteiger partial charge in [0.15, 0.2) is 11.6 Å². The highest BCUT2D eigenvalue weighted by molar-refractivity contribution is 5.23. The number of likely N-dealkylation sites (N-methyl/N-ethyl adjacent to an activating group) is 1. The Morgan fingerprint density at radius 2 is 1.95 bits per heavy atom. The first-order chi connectivity index (χ1) is 10.0. The number of nitrogens with zero attached hydrogens (tertiary/aromatic N) is 2. The number of aromatic nitrogens is 2. The van der Waals surface area contributed by atoms with Crippen LogP contribution in [0.2, 0.25) is 0 Å². The van der Waals surface area contributed by atoms with Gasteiger partial charge in [-0.1, -0.05) is 13.0 Å². The zero-order valence-electron chi connectivity index (χ0n) is 12.7. The van der Waals surface area contributed by atoms with Crippen LogP contribution in [0.15, 0.2) is 24.3 Å². The number of benzene rings is 1. The summed E-state index contributed by atoms with van der Waals surface area (Å²) in [5.41, 5.74) is 2.80. The van der Waals surface area contributed by atoms with E-state index < -0.39 is 11.6 Å². The van der Waals surface area contributed by atoms with Gasteiger partial charge in [-0.2, -0.15) is 5.10 Å². The Morgan fingerprint density at radius 3 is 2.57 bits per heavy atom. The Morgan fingerprint density at radius 1 is 1.19 bits per heavy atom. The lowest BCUT2D eigenvalue weighted by atomic mass is 10.0. The molecular formula is C16H21F2N3. The van der Waals surface area contributed by atoms with Gasteiger partial charge in [0.25, 0.3) is 0 Å². The molecule has 1 aromatic carbocycles. The van der Waals surface area contributed by atoms with Crippen LogP contribution < -0.4 is 5.32 Å². The van der Waals surface area contributed by atoms with Crippen molar-refractivity contribution in [3.05, 3.63) is 52.9 Å². The molecule has 21 heavy (non-hydrogen) atoms. The lowest BCUT2D eigenvalue weighted by molar-refractivity contribution is 0.490. The number of halogens is 2. The number of nitrogens with one attached hydrogen (secondary N) is 1. The zero-order chi connectivity index (χ0) is 15.4. The van der Waals surface area contributed by atoms with Gasteiger partial charge in [-0.05, 0) is 44.2 Å². The van der Waals surface area contributed by atoms with Crippen molar-refractivity contribution in [2.24, 2.45) is 0 Å². The Balaban J connectivity index is 2.27. The molecule has 0 aliphatic carbocycles. The van der Waals surface area contributed by atoms with Crippen LogP contribution >= 0.6 is 0 Å². The van der Waals surface area contributed by atoms with E-state index in [1.165, 1.54) is 12.1 Å². The van der Waals surface area contributed by atoms with E-state index in [1.54, 1.807) is 6.07 Å². The van der Waals surface area contributed by atoms with Crippen LogP contribution in [0.25, 0.3) is 0 Å². The molecule has 2 aromatic rings. The maximum Gasteiger partial charge on any atom is 0.159 e. The molecule has 1 aromatic heterocycles. The van der Waals surface area contributed by atoms with E-state index in [2.05, 4.69) is 10.4 Å². The van der Waals surface area contributed by atoms with Gasteiger partial charge in [-0.25, -0.2) is 8.78 Å². The van der Waals surface area contributed by atoms with Gasteiger partial charge >= 0.3 is 0 Å². The second kappa shape index (κ2) is 6.80. The largest absolute Gasteiger partial charge is 0.310 e. The summed E-state index contributed by atoms with van der Waals surface area (Å²) in [5.74, 6) is -1.63. The average molecular weight is 293 g/mol. The highest BCUT2D eigenvalue weighted by Gasteiger charge is 2.16. The van der Waals surface area contributed by atoms with Crippen molar-refractivity contribution in [2.75, 3.05) is 6.54 Å². The Hall–Kier alpha value is -1.75. The predicted molar refractivity (Wildman–Crippen MR) is 79.1 cm³/mol. The molecule has 2 rings (SSSR count). The molecule has 0 saturated heterocycles. The minimum atomic E-state index is -0.816. The van der Waals surface area contributed by atoms with Gasteiger partial charge in [-0.15, -0.1) is 0 Å². The first-order valence-electron chi connectivity index (χ1n) is 7.26. The van der Waals surface area contributed by atoms with Gasteiger partial charge in [0, 0.05) is 24.7 Å². The van der Waals surface area contributed by atoms with Gasteiger partial charge in [0.1, 0.15) is 0 Å². The molecule has 1 N–H and O–H groups in total. The summed E-state index contributed by atoms with van der Waals surface area (Å²) in [6.45, 7) is 7.53. The molecule has 1 heterocycles. The first kappa shape index (κ1) is 15.6. The van der Waals surface area contributed by atoms with Crippen LogP contribution in [0, 0.1) is 18.6 Å². The van der Waals surface area contributed by atoms with Crippen molar-refractivity contribution in [1.82, 2.24) is 15.1 Å². The Labute approximate surface area is 124 Å². The number of hydrogen-bond donors (Lipinski definition) is 1. The number of hydrogen-bond acceptors (Lipinski definition) is 2. The summed E-state index contributed by atoms with van der Waals surface area (Å²) in [7, 11) is 0. The molecule has 0 aliphatic heterocycles. The van der Waals surface area contributed by atoms with Gasteiger partial charge in [0.05, 0.1) is 5.69 Å².